The minimum atomic E-state index is -0.922. The molecular weight excluding hydrogens is 308 g/mol. The number of benzene rings is 1. The van der Waals surface area contributed by atoms with Crippen molar-refractivity contribution in [3.63, 3.8) is 0 Å². The van der Waals surface area contributed by atoms with E-state index in [1.807, 2.05) is 32.9 Å². The van der Waals surface area contributed by atoms with Crippen LogP contribution < -0.4 is 10.2 Å². The molecule has 8 heteroatoms. The second kappa shape index (κ2) is 6.10. The Balaban J connectivity index is 2.09. The molecule has 1 aromatic carbocycles. The van der Waals surface area contributed by atoms with Crippen molar-refractivity contribution in [1.82, 2.24) is 20.2 Å². The molecule has 1 aliphatic heterocycles. The zero-order chi connectivity index (χ0) is 17.4. The first-order chi connectivity index (χ1) is 11.4. The number of anilines is 2. The summed E-state index contributed by atoms with van der Waals surface area (Å²) in [6, 6.07) is 3.91. The van der Waals surface area contributed by atoms with E-state index in [9.17, 15) is 9.90 Å². The molecule has 2 aromatic rings. The summed E-state index contributed by atoms with van der Waals surface area (Å²) < 4.78 is 0. The maximum Gasteiger partial charge on any atom is 0.412 e. The molecule has 3 rings (SSSR count). The zero-order valence-corrected chi connectivity index (χ0v) is 14.3. The van der Waals surface area contributed by atoms with E-state index in [2.05, 4.69) is 20.7 Å². The first kappa shape index (κ1) is 16.2. The summed E-state index contributed by atoms with van der Waals surface area (Å²) in [5, 5.41) is 25.0. The molecular formula is C16H22N6O2. The van der Waals surface area contributed by atoms with Gasteiger partial charge in [0.15, 0.2) is 0 Å². The van der Waals surface area contributed by atoms with Crippen LogP contribution in [0.5, 0.6) is 0 Å². The second-order valence-electron chi connectivity index (χ2n) is 6.40. The van der Waals surface area contributed by atoms with E-state index in [-0.39, 0.29) is 12.1 Å². The molecule has 1 amide bonds. The van der Waals surface area contributed by atoms with Gasteiger partial charge in [-0.1, -0.05) is 22.8 Å². The lowest BCUT2D eigenvalue weighted by atomic mass is 9.96. The highest BCUT2D eigenvalue weighted by atomic mass is 16.4. The van der Waals surface area contributed by atoms with E-state index in [1.165, 1.54) is 9.70 Å². The van der Waals surface area contributed by atoms with Crippen LogP contribution in [0.15, 0.2) is 12.1 Å². The number of carbonyl (C=O) groups is 1. The lowest BCUT2D eigenvalue weighted by molar-refractivity contribution is 0.199. The van der Waals surface area contributed by atoms with Crippen LogP contribution in [0.3, 0.4) is 0 Å². The molecule has 2 N–H and O–H groups in total. The number of hydrogen-bond acceptors (Lipinski definition) is 5. The Kier molecular flexibility index (Phi) is 4.13. The monoisotopic (exact) mass is 330 g/mol. The molecule has 1 aromatic heterocycles. The van der Waals surface area contributed by atoms with Crippen molar-refractivity contribution in [1.29, 1.82) is 0 Å². The van der Waals surface area contributed by atoms with E-state index in [0.29, 0.717) is 5.95 Å². The van der Waals surface area contributed by atoms with Crippen molar-refractivity contribution in [3.05, 3.63) is 28.8 Å². The topological polar surface area (TPSA) is 96.2 Å². The summed E-state index contributed by atoms with van der Waals surface area (Å²) in [4.78, 5) is 14.7. The Bertz CT molecular complexity index is 772. The van der Waals surface area contributed by atoms with Gasteiger partial charge in [0.25, 0.3) is 5.95 Å². The number of hydrogen-bond donors (Lipinski definition) is 2. The number of aromatic nitrogens is 4. The lowest BCUT2D eigenvalue weighted by Crippen LogP contribution is -2.37. The van der Waals surface area contributed by atoms with Crippen molar-refractivity contribution in [2.45, 2.75) is 45.7 Å². The van der Waals surface area contributed by atoms with Gasteiger partial charge in [0, 0.05) is 6.04 Å². The molecule has 0 bridgehead atoms. The molecule has 0 saturated carbocycles. The maximum absolute atomic E-state index is 11.9. The Labute approximate surface area is 140 Å². The first-order valence-electron chi connectivity index (χ1n) is 8.00. The van der Waals surface area contributed by atoms with E-state index < -0.39 is 6.09 Å². The zero-order valence-electron chi connectivity index (χ0n) is 14.3. The Morgan fingerprint density at radius 3 is 2.71 bits per heavy atom. The number of rotatable bonds is 2. The minimum Gasteiger partial charge on any atom is -0.465 e. The van der Waals surface area contributed by atoms with E-state index in [4.69, 9.17) is 0 Å². The fraction of sp³-hybridized carbons (Fsp3) is 0.500. The molecule has 0 spiro atoms. The van der Waals surface area contributed by atoms with Gasteiger partial charge in [0.05, 0.1) is 18.8 Å². The molecule has 128 valence electrons. The normalized spacial score (nSPS) is 20.4. The van der Waals surface area contributed by atoms with Gasteiger partial charge in [-0.3, -0.25) is 4.90 Å². The van der Waals surface area contributed by atoms with Crippen molar-refractivity contribution in [2.24, 2.45) is 7.05 Å². The Morgan fingerprint density at radius 1 is 1.33 bits per heavy atom. The highest BCUT2D eigenvalue weighted by Gasteiger charge is 2.32. The summed E-state index contributed by atoms with van der Waals surface area (Å²) in [5.74, 6) is 0.448. The van der Waals surface area contributed by atoms with Crippen molar-refractivity contribution >= 4 is 17.7 Å². The molecule has 0 radical (unpaired) electrons. The number of aryl methyl sites for hydroxylation is 3. The predicted octanol–water partition coefficient (Wildman–Crippen LogP) is 2.65. The van der Waals surface area contributed by atoms with E-state index >= 15 is 0 Å². The summed E-state index contributed by atoms with van der Waals surface area (Å²) in [5.41, 5.74) is 3.79. The van der Waals surface area contributed by atoms with Crippen molar-refractivity contribution < 1.29 is 9.90 Å². The third-order valence-corrected chi connectivity index (χ3v) is 4.42. The number of nitrogens with zero attached hydrogens (tertiary/aromatic N) is 5. The predicted molar refractivity (Wildman–Crippen MR) is 90.3 cm³/mol. The quantitative estimate of drug-likeness (QED) is 0.879. The highest BCUT2D eigenvalue weighted by molar-refractivity contribution is 5.89. The highest BCUT2D eigenvalue weighted by Crippen LogP contribution is 2.39. The largest absolute Gasteiger partial charge is 0.465 e. The molecule has 1 aliphatic rings. The van der Waals surface area contributed by atoms with Crippen LogP contribution in [-0.2, 0) is 7.05 Å². The van der Waals surface area contributed by atoms with Crippen LogP contribution in [-0.4, -0.2) is 37.4 Å². The Morgan fingerprint density at radius 2 is 2.08 bits per heavy atom. The standard InChI is InChI=1S/C16H22N6O2/c1-9-7-10(2)14-12(8-9)13(17-15-18-20-21(4)19-15)6-5-11(3)22(14)16(23)24/h7-8,11,13H,5-6H2,1-4H3,(H,17,19)(H,23,24)/t11?,13-/m0/s1. The molecule has 0 aliphatic carbocycles. The summed E-state index contributed by atoms with van der Waals surface area (Å²) in [6.45, 7) is 5.92. The van der Waals surface area contributed by atoms with Crippen LogP contribution in [0.4, 0.5) is 16.4 Å². The van der Waals surface area contributed by atoms with Gasteiger partial charge >= 0.3 is 6.09 Å². The van der Waals surface area contributed by atoms with Gasteiger partial charge in [-0.2, -0.15) is 4.80 Å². The Hall–Kier alpha value is -2.64. The van der Waals surface area contributed by atoms with E-state index in [0.717, 1.165) is 35.2 Å². The van der Waals surface area contributed by atoms with E-state index in [1.54, 1.807) is 7.05 Å². The first-order valence-corrected chi connectivity index (χ1v) is 8.00. The van der Waals surface area contributed by atoms with Gasteiger partial charge in [0.2, 0.25) is 0 Å². The van der Waals surface area contributed by atoms with Gasteiger partial charge in [-0.25, -0.2) is 4.79 Å². The molecule has 0 saturated heterocycles. The van der Waals surface area contributed by atoms with Gasteiger partial charge in [-0.15, -0.1) is 5.10 Å². The second-order valence-corrected chi connectivity index (χ2v) is 6.40. The van der Waals surface area contributed by atoms with Gasteiger partial charge in [0.1, 0.15) is 0 Å². The summed E-state index contributed by atoms with van der Waals surface area (Å²) >= 11 is 0. The third-order valence-electron chi connectivity index (χ3n) is 4.42. The molecule has 1 unspecified atom stereocenters. The van der Waals surface area contributed by atoms with Crippen LogP contribution in [0.25, 0.3) is 0 Å². The number of fused-ring (bicyclic) bond motifs is 1. The minimum absolute atomic E-state index is 0.0606. The molecule has 8 nitrogen and oxygen atoms in total. The molecule has 2 atom stereocenters. The fourth-order valence-corrected chi connectivity index (χ4v) is 3.43. The molecule has 24 heavy (non-hydrogen) atoms. The van der Waals surface area contributed by atoms with Gasteiger partial charge < -0.3 is 10.4 Å². The average molecular weight is 330 g/mol. The summed E-state index contributed by atoms with van der Waals surface area (Å²) in [7, 11) is 1.71. The third kappa shape index (κ3) is 2.91. The van der Waals surface area contributed by atoms with Crippen LogP contribution in [0.2, 0.25) is 0 Å². The maximum atomic E-state index is 11.9. The van der Waals surface area contributed by atoms with Gasteiger partial charge in [-0.05, 0) is 50.0 Å². The SMILES string of the molecule is Cc1cc(C)c2c(c1)[C@@H](Nc1nnn(C)n1)CCC(C)N2C(=O)O. The number of carboxylic acid groups (broad SMARTS) is 1. The smallest absolute Gasteiger partial charge is 0.412 e. The summed E-state index contributed by atoms with van der Waals surface area (Å²) in [6.07, 6.45) is 0.616. The van der Waals surface area contributed by atoms with Crippen molar-refractivity contribution in [2.75, 3.05) is 10.2 Å². The average Bonchev–Trinajstić information content (AvgIpc) is 2.84. The van der Waals surface area contributed by atoms with Crippen molar-refractivity contribution in [3.8, 4) is 0 Å². The number of tetrazole rings is 1. The fourth-order valence-electron chi connectivity index (χ4n) is 3.43. The molecule has 0 fully saturated rings. The lowest BCUT2D eigenvalue weighted by Gasteiger charge is -2.28. The van der Waals surface area contributed by atoms with Crippen LogP contribution >= 0.6 is 0 Å². The van der Waals surface area contributed by atoms with Crippen LogP contribution in [0, 0.1) is 13.8 Å². The number of amides is 1. The van der Waals surface area contributed by atoms with Crippen LogP contribution in [0.1, 0.15) is 42.5 Å². The number of nitrogens with one attached hydrogen (secondary N) is 1. The molecule has 2 heterocycles.